The van der Waals surface area contributed by atoms with E-state index in [0.29, 0.717) is 6.42 Å². The number of unbranched alkanes of at least 4 members (excludes halogenated alkanes) is 12. The van der Waals surface area contributed by atoms with Crippen LogP contribution in [0.15, 0.2) is 0 Å². The molecule has 0 saturated carbocycles. The molecule has 0 fully saturated rings. The van der Waals surface area contributed by atoms with E-state index in [1.165, 1.54) is 70.6 Å². The highest BCUT2D eigenvalue weighted by Gasteiger charge is 2.02. The number of hydrogen-bond acceptors (Lipinski definition) is 2. The molecule has 0 aliphatic heterocycles. The lowest BCUT2D eigenvalue weighted by Gasteiger charge is -2.09. The molecule has 0 bridgehead atoms. The Morgan fingerprint density at radius 1 is 0.696 bits per heavy atom. The average Bonchev–Trinajstić information content (AvgIpc) is 2.52. The van der Waals surface area contributed by atoms with Crippen LogP contribution >= 0.6 is 0 Å². The van der Waals surface area contributed by atoms with Crippen LogP contribution in [0.2, 0.25) is 0 Å². The van der Waals surface area contributed by atoms with Gasteiger partial charge in [-0.1, -0.05) is 90.4 Å². The topological polar surface area (TPSA) is 57.5 Å². The van der Waals surface area contributed by atoms with Gasteiger partial charge in [0.05, 0.1) is 6.10 Å². The summed E-state index contributed by atoms with van der Waals surface area (Å²) in [4.78, 5) is 10.4. The number of hydrogen-bond donors (Lipinski definition) is 2. The SMILES string of the molecule is CCCC[C@@H](O)CCCCCCCCCCCCCCC(=O)O. The standard InChI is InChI=1S/C20H40O3/c1-2-3-16-19(21)17-14-12-10-8-6-4-5-7-9-11-13-15-18-20(22)23/h19,21H,2-18H2,1H3,(H,22,23)/t19-/m1/s1. The quantitative estimate of drug-likeness (QED) is 0.300. The van der Waals surface area contributed by atoms with Crippen molar-refractivity contribution in [3.8, 4) is 0 Å². The molecule has 138 valence electrons. The minimum Gasteiger partial charge on any atom is -0.481 e. The lowest BCUT2D eigenvalue weighted by atomic mass is 10.0. The molecular weight excluding hydrogens is 288 g/mol. The van der Waals surface area contributed by atoms with E-state index in [1.807, 2.05) is 0 Å². The predicted molar refractivity (Wildman–Crippen MR) is 97.8 cm³/mol. The van der Waals surface area contributed by atoms with Crippen LogP contribution in [0.5, 0.6) is 0 Å². The molecule has 1 atom stereocenters. The maximum absolute atomic E-state index is 10.4. The highest BCUT2D eigenvalue weighted by atomic mass is 16.4. The Morgan fingerprint density at radius 3 is 1.52 bits per heavy atom. The number of carbonyl (C=O) groups is 1. The van der Waals surface area contributed by atoms with Crippen LogP contribution in [0.3, 0.4) is 0 Å². The minimum atomic E-state index is -0.666. The van der Waals surface area contributed by atoms with Crippen molar-refractivity contribution in [3.05, 3.63) is 0 Å². The predicted octanol–water partition coefficient (Wildman–Crippen LogP) is 6.08. The van der Waals surface area contributed by atoms with Crippen molar-refractivity contribution in [2.75, 3.05) is 0 Å². The summed E-state index contributed by atoms with van der Waals surface area (Å²) >= 11 is 0. The van der Waals surface area contributed by atoms with Crippen molar-refractivity contribution in [1.82, 2.24) is 0 Å². The molecular formula is C20H40O3. The second-order valence-corrected chi connectivity index (χ2v) is 6.97. The summed E-state index contributed by atoms with van der Waals surface area (Å²) in [6.07, 6.45) is 19.3. The van der Waals surface area contributed by atoms with Gasteiger partial charge in [0.25, 0.3) is 0 Å². The van der Waals surface area contributed by atoms with E-state index in [1.54, 1.807) is 0 Å². The average molecular weight is 329 g/mol. The van der Waals surface area contributed by atoms with Crippen LogP contribution in [0, 0.1) is 0 Å². The second kappa shape index (κ2) is 17.8. The summed E-state index contributed by atoms with van der Waals surface area (Å²) in [5, 5.41) is 18.3. The third kappa shape index (κ3) is 19.4. The molecule has 0 aromatic heterocycles. The van der Waals surface area contributed by atoms with Gasteiger partial charge in [-0.25, -0.2) is 0 Å². The van der Waals surface area contributed by atoms with E-state index in [0.717, 1.165) is 32.1 Å². The number of aliphatic hydroxyl groups excluding tert-OH is 1. The number of carboxylic acids is 1. The molecule has 3 nitrogen and oxygen atoms in total. The normalized spacial score (nSPS) is 12.4. The fourth-order valence-corrected chi connectivity index (χ4v) is 3.01. The summed E-state index contributed by atoms with van der Waals surface area (Å²) in [6, 6.07) is 0. The second-order valence-electron chi connectivity index (χ2n) is 6.97. The molecule has 0 aromatic carbocycles. The number of rotatable bonds is 18. The fraction of sp³-hybridized carbons (Fsp3) is 0.950. The number of aliphatic carboxylic acids is 1. The zero-order valence-corrected chi connectivity index (χ0v) is 15.4. The van der Waals surface area contributed by atoms with Crippen LogP contribution in [-0.4, -0.2) is 22.3 Å². The molecule has 0 aliphatic carbocycles. The van der Waals surface area contributed by atoms with Gasteiger partial charge in [0.15, 0.2) is 0 Å². The van der Waals surface area contributed by atoms with E-state index in [4.69, 9.17) is 5.11 Å². The third-order valence-electron chi connectivity index (χ3n) is 4.57. The summed E-state index contributed by atoms with van der Waals surface area (Å²) in [7, 11) is 0. The molecule has 0 heterocycles. The largest absolute Gasteiger partial charge is 0.481 e. The van der Waals surface area contributed by atoms with Crippen molar-refractivity contribution in [2.24, 2.45) is 0 Å². The Morgan fingerprint density at radius 2 is 1.09 bits per heavy atom. The molecule has 0 aromatic rings. The van der Waals surface area contributed by atoms with Gasteiger partial charge in [-0.2, -0.15) is 0 Å². The van der Waals surface area contributed by atoms with Gasteiger partial charge in [-0.05, 0) is 19.3 Å². The summed E-state index contributed by atoms with van der Waals surface area (Å²) in [5.74, 6) is -0.666. The van der Waals surface area contributed by atoms with Gasteiger partial charge in [0, 0.05) is 6.42 Å². The number of aliphatic hydroxyl groups is 1. The smallest absolute Gasteiger partial charge is 0.303 e. The van der Waals surface area contributed by atoms with Gasteiger partial charge in [-0.15, -0.1) is 0 Å². The summed E-state index contributed by atoms with van der Waals surface area (Å²) in [5.41, 5.74) is 0. The van der Waals surface area contributed by atoms with E-state index >= 15 is 0 Å². The van der Waals surface area contributed by atoms with Crippen LogP contribution in [0.25, 0.3) is 0 Å². The maximum atomic E-state index is 10.4. The summed E-state index contributed by atoms with van der Waals surface area (Å²) in [6.45, 7) is 2.17. The van der Waals surface area contributed by atoms with E-state index in [-0.39, 0.29) is 6.10 Å². The monoisotopic (exact) mass is 328 g/mol. The molecule has 2 N–H and O–H groups in total. The molecule has 3 heteroatoms. The van der Waals surface area contributed by atoms with E-state index in [2.05, 4.69) is 6.92 Å². The van der Waals surface area contributed by atoms with E-state index < -0.39 is 5.97 Å². The highest BCUT2D eigenvalue weighted by Crippen LogP contribution is 2.14. The molecule has 0 unspecified atom stereocenters. The van der Waals surface area contributed by atoms with Crippen molar-refractivity contribution < 1.29 is 15.0 Å². The van der Waals surface area contributed by atoms with E-state index in [9.17, 15) is 9.90 Å². The first-order valence-electron chi connectivity index (χ1n) is 10.1. The molecule has 0 saturated heterocycles. The van der Waals surface area contributed by atoms with Crippen LogP contribution < -0.4 is 0 Å². The Kier molecular flexibility index (Phi) is 17.3. The van der Waals surface area contributed by atoms with Crippen LogP contribution in [0.4, 0.5) is 0 Å². The van der Waals surface area contributed by atoms with Crippen LogP contribution in [-0.2, 0) is 4.79 Å². The summed E-state index contributed by atoms with van der Waals surface area (Å²) < 4.78 is 0. The van der Waals surface area contributed by atoms with Gasteiger partial charge < -0.3 is 10.2 Å². The zero-order chi connectivity index (χ0) is 17.2. The lowest BCUT2D eigenvalue weighted by molar-refractivity contribution is -0.137. The van der Waals surface area contributed by atoms with Gasteiger partial charge in [-0.3, -0.25) is 4.79 Å². The van der Waals surface area contributed by atoms with Gasteiger partial charge in [0.2, 0.25) is 0 Å². The Bertz CT molecular complexity index is 253. The lowest BCUT2D eigenvalue weighted by Crippen LogP contribution is -2.05. The molecule has 23 heavy (non-hydrogen) atoms. The fourth-order valence-electron chi connectivity index (χ4n) is 3.01. The molecule has 0 rings (SSSR count). The molecule has 0 amide bonds. The first-order chi connectivity index (χ1) is 11.2. The maximum Gasteiger partial charge on any atom is 0.303 e. The highest BCUT2D eigenvalue weighted by molar-refractivity contribution is 5.66. The molecule has 0 aliphatic rings. The van der Waals surface area contributed by atoms with Crippen molar-refractivity contribution in [3.63, 3.8) is 0 Å². The Hall–Kier alpha value is -0.570. The van der Waals surface area contributed by atoms with Gasteiger partial charge >= 0.3 is 5.97 Å². The Labute approximate surface area is 143 Å². The first kappa shape index (κ1) is 22.4. The zero-order valence-electron chi connectivity index (χ0n) is 15.4. The molecule has 0 radical (unpaired) electrons. The van der Waals surface area contributed by atoms with Crippen molar-refractivity contribution >= 4 is 5.97 Å². The van der Waals surface area contributed by atoms with Gasteiger partial charge in [0.1, 0.15) is 0 Å². The molecule has 0 spiro atoms. The Balaban J connectivity index is 3.06. The van der Waals surface area contributed by atoms with Crippen LogP contribution in [0.1, 0.15) is 116 Å². The third-order valence-corrected chi connectivity index (χ3v) is 4.57. The first-order valence-corrected chi connectivity index (χ1v) is 10.1. The minimum absolute atomic E-state index is 0.0644. The van der Waals surface area contributed by atoms with Crippen molar-refractivity contribution in [2.45, 2.75) is 122 Å². The van der Waals surface area contributed by atoms with Crippen molar-refractivity contribution in [1.29, 1.82) is 0 Å². The number of carboxylic acid groups (broad SMARTS) is 1.